The van der Waals surface area contributed by atoms with Crippen LogP contribution in [0.4, 0.5) is 0 Å². The molecule has 3 heterocycles. The zero-order valence-electron chi connectivity index (χ0n) is 16.3. The molecule has 0 spiro atoms. The lowest BCUT2D eigenvalue weighted by Gasteiger charge is -2.23. The highest BCUT2D eigenvalue weighted by Crippen LogP contribution is 2.23. The average molecular weight is 385 g/mol. The molecule has 2 aliphatic rings. The van der Waals surface area contributed by atoms with E-state index < -0.39 is 0 Å². The van der Waals surface area contributed by atoms with E-state index in [1.54, 1.807) is 10.7 Å². The van der Waals surface area contributed by atoms with Crippen LogP contribution in [0.3, 0.4) is 0 Å². The smallest absolute Gasteiger partial charge is 0.253 e. The van der Waals surface area contributed by atoms with Crippen LogP contribution in [0.25, 0.3) is 16.6 Å². The summed E-state index contributed by atoms with van der Waals surface area (Å²) in [7, 11) is 0. The third-order valence-electron chi connectivity index (χ3n) is 6.12. The molecule has 0 N–H and O–H groups in total. The molecule has 5 rings (SSSR count). The van der Waals surface area contributed by atoms with Gasteiger partial charge in [-0.05, 0) is 74.8 Å². The molecule has 0 unspecified atom stereocenters. The second-order valence-corrected chi connectivity index (χ2v) is 7.94. The van der Waals surface area contributed by atoms with E-state index in [9.17, 15) is 4.79 Å². The highest BCUT2D eigenvalue weighted by Gasteiger charge is 2.31. The Labute approximate surface area is 169 Å². The van der Waals surface area contributed by atoms with Gasteiger partial charge in [-0.15, -0.1) is 0 Å². The van der Waals surface area contributed by atoms with Crippen molar-refractivity contribution in [3.63, 3.8) is 0 Å². The Morgan fingerprint density at radius 3 is 2.62 bits per heavy atom. The number of aromatic nitrogens is 2. The average Bonchev–Trinajstić information content (AvgIpc) is 3.52. The van der Waals surface area contributed by atoms with E-state index in [0.717, 1.165) is 41.7 Å². The summed E-state index contributed by atoms with van der Waals surface area (Å²) in [6.07, 6.45) is 5.56. The van der Waals surface area contributed by atoms with Crippen LogP contribution in [0, 0.1) is 11.3 Å². The monoisotopic (exact) mass is 385 g/mol. The minimum atomic E-state index is 0.113. The van der Waals surface area contributed by atoms with E-state index in [2.05, 4.69) is 16.1 Å². The second kappa shape index (κ2) is 7.34. The second-order valence-electron chi connectivity index (χ2n) is 7.94. The molecule has 6 nitrogen and oxygen atoms in total. The fourth-order valence-corrected chi connectivity index (χ4v) is 4.50. The summed E-state index contributed by atoms with van der Waals surface area (Å²) < 4.78 is 1.79. The van der Waals surface area contributed by atoms with Crippen LogP contribution in [-0.2, 0) is 0 Å². The lowest BCUT2D eigenvalue weighted by molar-refractivity contribution is 0.0780. The van der Waals surface area contributed by atoms with Crippen molar-refractivity contribution in [2.45, 2.75) is 25.3 Å². The number of benzene rings is 2. The van der Waals surface area contributed by atoms with Crippen LogP contribution in [0.1, 0.15) is 35.2 Å². The van der Waals surface area contributed by atoms with Crippen molar-refractivity contribution in [3.05, 3.63) is 59.8 Å². The first kappa shape index (κ1) is 17.9. The van der Waals surface area contributed by atoms with Crippen molar-refractivity contribution < 1.29 is 4.79 Å². The van der Waals surface area contributed by atoms with Crippen molar-refractivity contribution in [2.75, 3.05) is 26.2 Å². The van der Waals surface area contributed by atoms with Gasteiger partial charge in [-0.25, -0.2) is 4.68 Å². The van der Waals surface area contributed by atoms with E-state index in [0.29, 0.717) is 11.6 Å². The number of hydrogen-bond donors (Lipinski definition) is 0. The van der Waals surface area contributed by atoms with Crippen LogP contribution >= 0.6 is 0 Å². The van der Waals surface area contributed by atoms with Gasteiger partial charge in [-0.1, -0.05) is 0 Å². The third kappa shape index (κ3) is 3.39. The summed E-state index contributed by atoms with van der Waals surface area (Å²) in [6.45, 7) is 4.03. The van der Waals surface area contributed by atoms with Gasteiger partial charge < -0.3 is 4.90 Å². The van der Waals surface area contributed by atoms with Gasteiger partial charge in [0.2, 0.25) is 0 Å². The van der Waals surface area contributed by atoms with Crippen molar-refractivity contribution >= 4 is 16.8 Å². The number of fused-ring (bicyclic) bond motifs is 1. The van der Waals surface area contributed by atoms with E-state index in [1.807, 2.05) is 47.5 Å². The molecule has 0 aliphatic carbocycles. The summed E-state index contributed by atoms with van der Waals surface area (Å²) in [6, 6.07) is 15.8. The Kier molecular flexibility index (Phi) is 4.53. The molecule has 0 saturated carbocycles. The number of amides is 1. The molecule has 146 valence electrons. The number of likely N-dealkylation sites (tertiary alicyclic amines) is 2. The van der Waals surface area contributed by atoms with E-state index in [-0.39, 0.29) is 5.91 Å². The number of carbonyl (C=O) groups is 1. The van der Waals surface area contributed by atoms with Gasteiger partial charge in [0.05, 0.1) is 22.8 Å². The number of rotatable bonds is 3. The van der Waals surface area contributed by atoms with Gasteiger partial charge in [-0.3, -0.25) is 9.69 Å². The molecule has 2 saturated heterocycles. The van der Waals surface area contributed by atoms with E-state index in [1.165, 1.54) is 25.9 Å². The zero-order chi connectivity index (χ0) is 19.8. The predicted molar refractivity (Wildman–Crippen MR) is 111 cm³/mol. The van der Waals surface area contributed by atoms with Crippen molar-refractivity contribution in [1.82, 2.24) is 19.6 Å². The maximum Gasteiger partial charge on any atom is 0.253 e. The molecule has 0 bridgehead atoms. The van der Waals surface area contributed by atoms with Crippen LogP contribution in [0.2, 0.25) is 0 Å². The third-order valence-corrected chi connectivity index (χ3v) is 6.12. The van der Waals surface area contributed by atoms with E-state index >= 15 is 0 Å². The van der Waals surface area contributed by atoms with Crippen LogP contribution in [-0.4, -0.2) is 57.7 Å². The summed E-state index contributed by atoms with van der Waals surface area (Å²) in [5, 5.41) is 14.6. The summed E-state index contributed by atoms with van der Waals surface area (Å²) in [5.74, 6) is 0.113. The van der Waals surface area contributed by atoms with Crippen LogP contribution in [0.15, 0.2) is 48.7 Å². The number of nitriles is 1. The Morgan fingerprint density at radius 1 is 1.07 bits per heavy atom. The molecule has 6 heteroatoms. The molecule has 3 aromatic rings. The largest absolute Gasteiger partial charge is 0.337 e. The minimum absolute atomic E-state index is 0.113. The van der Waals surface area contributed by atoms with Crippen LogP contribution in [0.5, 0.6) is 0 Å². The molecule has 2 aromatic carbocycles. The lowest BCUT2D eigenvalue weighted by Crippen LogP contribution is -2.37. The molecule has 2 fully saturated rings. The first-order chi connectivity index (χ1) is 14.2. The molecule has 1 amide bonds. The number of carbonyl (C=O) groups excluding carboxylic acids is 1. The molecule has 2 aliphatic heterocycles. The van der Waals surface area contributed by atoms with Crippen molar-refractivity contribution in [1.29, 1.82) is 5.26 Å². The van der Waals surface area contributed by atoms with Crippen LogP contribution < -0.4 is 0 Å². The fourth-order valence-electron chi connectivity index (χ4n) is 4.50. The molecular formula is C23H23N5O. The quantitative estimate of drug-likeness (QED) is 0.694. The first-order valence-corrected chi connectivity index (χ1v) is 10.2. The van der Waals surface area contributed by atoms with Gasteiger partial charge in [0, 0.05) is 36.3 Å². The van der Waals surface area contributed by atoms with Gasteiger partial charge >= 0.3 is 0 Å². The Morgan fingerprint density at radius 2 is 1.86 bits per heavy atom. The highest BCUT2D eigenvalue weighted by atomic mass is 16.2. The van der Waals surface area contributed by atoms with Crippen molar-refractivity contribution in [2.24, 2.45) is 0 Å². The predicted octanol–water partition coefficient (Wildman–Crippen LogP) is 3.21. The summed E-state index contributed by atoms with van der Waals surface area (Å²) in [4.78, 5) is 17.4. The van der Waals surface area contributed by atoms with Gasteiger partial charge in [0.15, 0.2) is 0 Å². The van der Waals surface area contributed by atoms with Gasteiger partial charge in [0.25, 0.3) is 5.91 Å². The standard InChI is InChI=1S/C23H23N5O/c24-14-17-3-8-22-19(13-17)15-28(25-22)20-6-4-18(5-7-20)23(29)27-12-9-21(16-27)26-10-1-2-11-26/h3-8,13,15,21H,1-2,9-12,16H2/t21-/m0/s1. The number of nitrogens with zero attached hydrogens (tertiary/aromatic N) is 5. The van der Waals surface area contributed by atoms with Gasteiger partial charge in [0.1, 0.15) is 0 Å². The van der Waals surface area contributed by atoms with E-state index in [4.69, 9.17) is 5.26 Å². The molecular weight excluding hydrogens is 362 g/mol. The molecule has 0 radical (unpaired) electrons. The Bertz CT molecular complexity index is 1090. The summed E-state index contributed by atoms with van der Waals surface area (Å²) >= 11 is 0. The normalized spacial score (nSPS) is 19.7. The topological polar surface area (TPSA) is 65.2 Å². The fraction of sp³-hybridized carbons (Fsp3) is 0.348. The Hall–Kier alpha value is -3.17. The summed E-state index contributed by atoms with van der Waals surface area (Å²) in [5.41, 5.74) is 3.08. The Balaban J connectivity index is 1.31. The first-order valence-electron chi connectivity index (χ1n) is 10.2. The van der Waals surface area contributed by atoms with Crippen molar-refractivity contribution in [3.8, 4) is 11.8 Å². The maximum atomic E-state index is 12.9. The molecule has 1 aromatic heterocycles. The molecule has 1 atom stereocenters. The maximum absolute atomic E-state index is 12.9. The molecule has 29 heavy (non-hydrogen) atoms. The lowest BCUT2D eigenvalue weighted by atomic mass is 10.2. The zero-order valence-corrected chi connectivity index (χ0v) is 16.3. The minimum Gasteiger partial charge on any atom is -0.337 e. The van der Waals surface area contributed by atoms with Gasteiger partial charge in [-0.2, -0.15) is 10.4 Å². The number of hydrogen-bond acceptors (Lipinski definition) is 4. The SMILES string of the molecule is N#Cc1ccc2nn(-c3ccc(C(=O)N4CC[C@H](N5CCCC5)C4)cc3)cc2c1. The highest BCUT2D eigenvalue weighted by molar-refractivity contribution is 5.94.